The lowest BCUT2D eigenvalue weighted by molar-refractivity contribution is -0.142. The Bertz CT molecular complexity index is 1320. The van der Waals surface area contributed by atoms with Gasteiger partial charge in [0.1, 0.15) is 17.9 Å². The van der Waals surface area contributed by atoms with Gasteiger partial charge in [0.2, 0.25) is 5.91 Å². The molecule has 2 aliphatic rings. The average molecular weight is 485 g/mol. The number of aliphatic carboxylic acids is 1. The standard InChI is InChI=1S/C23H25ClN6O4/c1-23(2)11-30(9-19-26-8-17(27-19)22(32)33)18(10-34-23)21(31)29-15-6-12(24)5-14-13-3-4-25-7-16(13)28-20(14)15/h3-7,17-18,28H,8-11H2,1-2H3,(H,26,27)(H,29,31)(H,32,33)/t17?,18-/m0/s1. The number of benzene rings is 1. The Balaban J connectivity index is 1.40. The monoisotopic (exact) mass is 484 g/mol. The molecule has 4 N–H and O–H groups in total. The first kappa shape index (κ1) is 22.6. The third kappa shape index (κ3) is 4.31. The Morgan fingerprint density at radius 2 is 2.18 bits per heavy atom. The van der Waals surface area contributed by atoms with Gasteiger partial charge in [0.15, 0.2) is 0 Å². The number of nitrogens with one attached hydrogen (secondary N) is 3. The minimum Gasteiger partial charge on any atom is -0.480 e. The number of carbonyl (C=O) groups is 2. The lowest BCUT2D eigenvalue weighted by atomic mass is 10.0. The minimum absolute atomic E-state index is 0.172. The third-order valence-corrected chi connectivity index (χ3v) is 6.37. The number of anilines is 1. The van der Waals surface area contributed by atoms with Crippen LogP contribution in [0.25, 0.3) is 21.8 Å². The van der Waals surface area contributed by atoms with Crippen LogP contribution in [0.15, 0.2) is 35.6 Å². The maximum Gasteiger partial charge on any atom is 0.328 e. The van der Waals surface area contributed by atoms with Crippen molar-refractivity contribution in [1.82, 2.24) is 20.2 Å². The van der Waals surface area contributed by atoms with Crippen molar-refractivity contribution in [1.29, 1.82) is 0 Å². The molecule has 4 heterocycles. The summed E-state index contributed by atoms with van der Waals surface area (Å²) in [5, 5.41) is 17.5. The van der Waals surface area contributed by atoms with Gasteiger partial charge in [-0.05, 0) is 32.0 Å². The van der Waals surface area contributed by atoms with Crippen LogP contribution in [-0.2, 0) is 14.3 Å². The molecule has 1 saturated heterocycles. The number of pyridine rings is 1. The van der Waals surface area contributed by atoms with Crippen molar-refractivity contribution in [2.24, 2.45) is 4.99 Å². The molecule has 0 radical (unpaired) electrons. The Labute approximate surface area is 200 Å². The fourth-order valence-corrected chi connectivity index (χ4v) is 4.73. The van der Waals surface area contributed by atoms with Gasteiger partial charge in [0.05, 0.1) is 48.2 Å². The fraction of sp³-hybridized carbons (Fsp3) is 0.391. The van der Waals surface area contributed by atoms with E-state index >= 15 is 0 Å². The number of aromatic nitrogens is 2. The number of carbonyl (C=O) groups excluding carboxylic acids is 1. The molecule has 1 fully saturated rings. The number of amidine groups is 1. The zero-order chi connectivity index (χ0) is 24.0. The number of ether oxygens (including phenoxy) is 1. The Kier molecular flexibility index (Phi) is 5.67. The fourth-order valence-electron chi connectivity index (χ4n) is 4.52. The molecule has 1 aromatic carbocycles. The van der Waals surface area contributed by atoms with Crippen molar-refractivity contribution >= 4 is 56.8 Å². The molecule has 2 aromatic heterocycles. The molecule has 0 spiro atoms. The highest BCUT2D eigenvalue weighted by Crippen LogP contribution is 2.33. The van der Waals surface area contributed by atoms with Crippen LogP contribution in [-0.4, -0.2) is 81.6 Å². The number of carboxylic acid groups (broad SMARTS) is 1. The minimum atomic E-state index is -0.950. The molecule has 0 bridgehead atoms. The molecule has 10 nitrogen and oxygen atoms in total. The van der Waals surface area contributed by atoms with E-state index in [0.717, 1.165) is 21.8 Å². The predicted molar refractivity (Wildman–Crippen MR) is 129 cm³/mol. The summed E-state index contributed by atoms with van der Waals surface area (Å²) in [4.78, 5) is 38.5. The molecule has 1 unspecified atom stereocenters. The molecule has 1 amide bonds. The second kappa shape index (κ2) is 8.53. The second-order valence-electron chi connectivity index (χ2n) is 9.23. The molecule has 178 valence electrons. The number of nitrogens with zero attached hydrogens (tertiary/aromatic N) is 3. The first-order valence-electron chi connectivity index (χ1n) is 11.0. The van der Waals surface area contributed by atoms with Crippen LogP contribution in [0.5, 0.6) is 0 Å². The van der Waals surface area contributed by atoms with E-state index in [0.29, 0.717) is 29.6 Å². The Morgan fingerprint density at radius 1 is 1.35 bits per heavy atom. The molecular formula is C23H25ClN6O4. The van der Waals surface area contributed by atoms with Crippen LogP contribution >= 0.6 is 11.6 Å². The maximum atomic E-state index is 13.4. The van der Waals surface area contributed by atoms with E-state index in [1.54, 1.807) is 18.5 Å². The number of aromatic amines is 1. The molecule has 0 saturated carbocycles. The average Bonchev–Trinajstić information content (AvgIpc) is 3.38. The van der Waals surface area contributed by atoms with Gasteiger partial charge in [-0.3, -0.25) is 19.7 Å². The highest BCUT2D eigenvalue weighted by molar-refractivity contribution is 6.33. The van der Waals surface area contributed by atoms with E-state index in [-0.39, 0.29) is 19.1 Å². The molecule has 2 aliphatic heterocycles. The first-order valence-corrected chi connectivity index (χ1v) is 11.3. The largest absolute Gasteiger partial charge is 0.480 e. The number of hydrogen-bond acceptors (Lipinski definition) is 7. The number of rotatable bonds is 5. The Hall–Kier alpha value is -3.21. The van der Waals surface area contributed by atoms with E-state index in [4.69, 9.17) is 16.3 Å². The van der Waals surface area contributed by atoms with Crippen LogP contribution in [0.2, 0.25) is 5.02 Å². The summed E-state index contributed by atoms with van der Waals surface area (Å²) in [7, 11) is 0. The van der Waals surface area contributed by atoms with Crippen molar-refractivity contribution in [2.75, 3.05) is 31.6 Å². The van der Waals surface area contributed by atoms with E-state index in [2.05, 4.69) is 25.6 Å². The van der Waals surface area contributed by atoms with Crippen LogP contribution in [0.4, 0.5) is 5.69 Å². The predicted octanol–water partition coefficient (Wildman–Crippen LogP) is 2.24. The molecule has 11 heteroatoms. The normalized spacial score (nSPS) is 22.5. The topological polar surface area (TPSA) is 132 Å². The van der Waals surface area contributed by atoms with Crippen molar-refractivity contribution in [3.63, 3.8) is 0 Å². The van der Waals surface area contributed by atoms with E-state index in [9.17, 15) is 14.7 Å². The number of morpholine rings is 1. The van der Waals surface area contributed by atoms with Crippen molar-refractivity contribution in [2.45, 2.75) is 31.5 Å². The highest BCUT2D eigenvalue weighted by atomic mass is 35.5. The summed E-state index contributed by atoms with van der Waals surface area (Å²) in [6, 6.07) is 4.12. The summed E-state index contributed by atoms with van der Waals surface area (Å²) in [5.74, 6) is -0.644. The van der Waals surface area contributed by atoms with Gasteiger partial charge in [-0.2, -0.15) is 0 Å². The molecule has 0 aliphatic carbocycles. The number of H-pyrrole nitrogens is 1. The van der Waals surface area contributed by atoms with Crippen LogP contribution in [0.1, 0.15) is 13.8 Å². The molecule has 5 rings (SSSR count). The number of carboxylic acids is 1. The number of fused-ring (bicyclic) bond motifs is 3. The summed E-state index contributed by atoms with van der Waals surface area (Å²) in [6.07, 6.45) is 3.44. The van der Waals surface area contributed by atoms with Gasteiger partial charge in [-0.1, -0.05) is 11.6 Å². The van der Waals surface area contributed by atoms with E-state index in [1.165, 1.54) is 0 Å². The molecule has 3 aromatic rings. The second-order valence-corrected chi connectivity index (χ2v) is 9.66. The quantitative estimate of drug-likeness (QED) is 0.436. The van der Waals surface area contributed by atoms with Gasteiger partial charge in [0.25, 0.3) is 0 Å². The summed E-state index contributed by atoms with van der Waals surface area (Å²) in [5.41, 5.74) is 1.71. The SMILES string of the molecule is CC1(C)CN(CC2=NCC(C(=O)O)N2)[C@H](C(=O)Nc2cc(Cl)cc3c2[nH]c2cnccc23)CO1. The van der Waals surface area contributed by atoms with Crippen molar-refractivity contribution < 1.29 is 19.4 Å². The van der Waals surface area contributed by atoms with Crippen LogP contribution in [0.3, 0.4) is 0 Å². The van der Waals surface area contributed by atoms with Crippen molar-refractivity contribution in [3.05, 3.63) is 35.6 Å². The number of halogens is 1. The van der Waals surface area contributed by atoms with Crippen LogP contribution in [0, 0.1) is 0 Å². The highest BCUT2D eigenvalue weighted by Gasteiger charge is 2.39. The zero-order valence-electron chi connectivity index (χ0n) is 18.8. The van der Waals surface area contributed by atoms with Gasteiger partial charge >= 0.3 is 5.97 Å². The first-order chi connectivity index (χ1) is 16.2. The summed E-state index contributed by atoms with van der Waals surface area (Å²) < 4.78 is 5.95. The number of amides is 1. The molecular weight excluding hydrogens is 460 g/mol. The van der Waals surface area contributed by atoms with Gasteiger partial charge in [-0.25, -0.2) is 4.79 Å². The van der Waals surface area contributed by atoms with Gasteiger partial charge < -0.3 is 25.5 Å². The summed E-state index contributed by atoms with van der Waals surface area (Å²) in [6.45, 7) is 5.07. The maximum absolute atomic E-state index is 13.4. The Morgan fingerprint density at radius 3 is 2.94 bits per heavy atom. The lowest BCUT2D eigenvalue weighted by Gasteiger charge is -2.42. The van der Waals surface area contributed by atoms with Gasteiger partial charge in [0, 0.05) is 28.5 Å². The van der Waals surface area contributed by atoms with Crippen molar-refractivity contribution in [3.8, 4) is 0 Å². The zero-order valence-corrected chi connectivity index (χ0v) is 19.5. The lowest BCUT2D eigenvalue weighted by Crippen LogP contribution is -2.60. The molecule has 34 heavy (non-hydrogen) atoms. The summed E-state index contributed by atoms with van der Waals surface area (Å²) >= 11 is 6.38. The van der Waals surface area contributed by atoms with E-state index < -0.39 is 23.7 Å². The number of hydrogen-bond donors (Lipinski definition) is 4. The third-order valence-electron chi connectivity index (χ3n) is 6.15. The number of aliphatic imine (C=N–C) groups is 1. The van der Waals surface area contributed by atoms with Gasteiger partial charge in [-0.15, -0.1) is 0 Å². The van der Waals surface area contributed by atoms with E-state index in [1.807, 2.05) is 30.9 Å². The molecule has 2 atom stereocenters. The van der Waals surface area contributed by atoms with Crippen LogP contribution < -0.4 is 10.6 Å². The smallest absolute Gasteiger partial charge is 0.328 e.